The van der Waals surface area contributed by atoms with Gasteiger partial charge in [-0.25, -0.2) is 8.42 Å². The molecule has 1 unspecified atom stereocenters. The van der Waals surface area contributed by atoms with Crippen molar-refractivity contribution in [3.63, 3.8) is 0 Å². The number of nitrogens with one attached hydrogen (secondary N) is 3. The summed E-state index contributed by atoms with van der Waals surface area (Å²) in [5, 5.41) is 5.49. The molecule has 30 heavy (non-hydrogen) atoms. The van der Waals surface area contributed by atoms with Crippen LogP contribution in [0.15, 0.2) is 53.4 Å². The van der Waals surface area contributed by atoms with Crippen molar-refractivity contribution < 1.29 is 18.0 Å². The van der Waals surface area contributed by atoms with Gasteiger partial charge in [-0.2, -0.15) is 16.5 Å². The maximum atomic E-state index is 12.9. The van der Waals surface area contributed by atoms with E-state index in [1.807, 2.05) is 20.1 Å². The molecule has 2 rings (SSSR count). The van der Waals surface area contributed by atoms with Crippen LogP contribution in [-0.2, 0) is 14.8 Å². The molecule has 0 saturated heterocycles. The van der Waals surface area contributed by atoms with E-state index in [1.54, 1.807) is 36.4 Å². The Kier molecular flexibility index (Phi) is 8.88. The second-order valence-electron chi connectivity index (χ2n) is 6.65. The zero-order valence-corrected chi connectivity index (χ0v) is 18.9. The van der Waals surface area contributed by atoms with Crippen molar-refractivity contribution in [2.24, 2.45) is 0 Å². The third-order valence-corrected chi connectivity index (χ3v) is 6.50. The van der Waals surface area contributed by atoms with Gasteiger partial charge in [0, 0.05) is 17.8 Å². The van der Waals surface area contributed by atoms with Crippen molar-refractivity contribution in [1.29, 1.82) is 0 Å². The number of anilines is 1. The number of sulfonamides is 1. The van der Waals surface area contributed by atoms with Gasteiger partial charge in [0.2, 0.25) is 15.9 Å². The average molecular weight is 450 g/mol. The van der Waals surface area contributed by atoms with E-state index in [4.69, 9.17) is 0 Å². The highest BCUT2D eigenvalue weighted by molar-refractivity contribution is 7.98. The Morgan fingerprint density at radius 2 is 1.80 bits per heavy atom. The quantitative estimate of drug-likeness (QED) is 0.517. The average Bonchev–Trinajstić information content (AvgIpc) is 2.73. The van der Waals surface area contributed by atoms with Crippen molar-refractivity contribution in [1.82, 2.24) is 10.0 Å². The van der Waals surface area contributed by atoms with Gasteiger partial charge in [0.25, 0.3) is 5.91 Å². The zero-order chi connectivity index (χ0) is 22.1. The minimum atomic E-state index is -3.85. The first kappa shape index (κ1) is 23.9. The van der Waals surface area contributed by atoms with Gasteiger partial charge in [-0.3, -0.25) is 9.59 Å². The summed E-state index contributed by atoms with van der Waals surface area (Å²) in [4.78, 5) is 25.1. The summed E-state index contributed by atoms with van der Waals surface area (Å²) in [6, 6.07) is 12.0. The van der Waals surface area contributed by atoms with Gasteiger partial charge in [0.15, 0.2) is 0 Å². The standard InChI is InChI=1S/C21H27N3O4S2/c1-4-22-20(25)16-11-10-15(2)19(14-16)23-21(26)18(12-13-29-3)24-30(27,28)17-8-6-5-7-9-17/h5-11,14,18,24H,4,12-13H2,1-3H3,(H,22,25)(H,23,26). The fraction of sp³-hybridized carbons (Fsp3) is 0.333. The second kappa shape index (κ2) is 11.1. The van der Waals surface area contributed by atoms with E-state index in [0.717, 1.165) is 5.56 Å². The smallest absolute Gasteiger partial charge is 0.251 e. The van der Waals surface area contributed by atoms with E-state index in [1.165, 1.54) is 23.9 Å². The molecule has 0 bridgehead atoms. The Bertz CT molecular complexity index is 979. The Morgan fingerprint density at radius 3 is 2.43 bits per heavy atom. The zero-order valence-electron chi connectivity index (χ0n) is 17.3. The number of carbonyl (C=O) groups is 2. The predicted octanol–water partition coefficient (Wildman–Crippen LogP) is 2.78. The molecule has 2 aromatic rings. The largest absolute Gasteiger partial charge is 0.352 e. The van der Waals surface area contributed by atoms with Crippen LogP contribution in [0.1, 0.15) is 29.3 Å². The summed E-state index contributed by atoms with van der Waals surface area (Å²) >= 11 is 1.52. The van der Waals surface area contributed by atoms with Gasteiger partial charge in [-0.1, -0.05) is 24.3 Å². The summed E-state index contributed by atoms with van der Waals surface area (Å²) < 4.78 is 27.9. The molecule has 7 nitrogen and oxygen atoms in total. The first-order valence-corrected chi connectivity index (χ1v) is 12.4. The Labute approximate surface area is 182 Å². The summed E-state index contributed by atoms with van der Waals surface area (Å²) in [5.74, 6) is -0.107. The second-order valence-corrected chi connectivity index (χ2v) is 9.35. The highest BCUT2D eigenvalue weighted by Gasteiger charge is 2.26. The lowest BCUT2D eigenvalue weighted by atomic mass is 10.1. The van der Waals surface area contributed by atoms with E-state index in [-0.39, 0.29) is 10.8 Å². The molecule has 0 aliphatic rings. The lowest BCUT2D eigenvalue weighted by molar-refractivity contribution is -0.117. The molecule has 0 saturated carbocycles. The third kappa shape index (κ3) is 6.58. The number of hydrogen-bond donors (Lipinski definition) is 3. The highest BCUT2D eigenvalue weighted by Crippen LogP contribution is 2.18. The summed E-state index contributed by atoms with van der Waals surface area (Å²) in [6.07, 6.45) is 2.22. The van der Waals surface area contributed by atoms with Crippen LogP contribution in [0.3, 0.4) is 0 Å². The minimum Gasteiger partial charge on any atom is -0.352 e. The molecule has 2 aromatic carbocycles. The normalized spacial score (nSPS) is 12.2. The molecular weight excluding hydrogens is 422 g/mol. The maximum absolute atomic E-state index is 12.9. The van der Waals surface area contributed by atoms with Crippen LogP contribution in [-0.4, -0.2) is 44.8 Å². The number of thioether (sulfide) groups is 1. The molecule has 0 aliphatic carbocycles. The Balaban J connectivity index is 2.23. The molecule has 2 amide bonds. The molecule has 9 heteroatoms. The topological polar surface area (TPSA) is 104 Å². The van der Waals surface area contributed by atoms with Crippen molar-refractivity contribution in [2.45, 2.75) is 31.2 Å². The summed E-state index contributed by atoms with van der Waals surface area (Å²) in [6.45, 7) is 4.12. The van der Waals surface area contributed by atoms with E-state index < -0.39 is 22.0 Å². The summed E-state index contributed by atoms with van der Waals surface area (Å²) in [7, 11) is -3.85. The molecular formula is C21H27N3O4S2. The number of rotatable bonds is 10. The number of hydrogen-bond acceptors (Lipinski definition) is 5. The van der Waals surface area contributed by atoms with E-state index in [0.29, 0.717) is 30.0 Å². The van der Waals surface area contributed by atoms with Gasteiger partial charge < -0.3 is 10.6 Å². The number of benzene rings is 2. The van der Waals surface area contributed by atoms with E-state index in [9.17, 15) is 18.0 Å². The van der Waals surface area contributed by atoms with Crippen LogP contribution in [0.4, 0.5) is 5.69 Å². The predicted molar refractivity (Wildman–Crippen MR) is 121 cm³/mol. The lowest BCUT2D eigenvalue weighted by Crippen LogP contribution is -2.44. The molecule has 0 aliphatic heterocycles. The molecule has 1 atom stereocenters. The van der Waals surface area contributed by atoms with Crippen LogP contribution < -0.4 is 15.4 Å². The molecule has 162 valence electrons. The molecule has 0 radical (unpaired) electrons. The lowest BCUT2D eigenvalue weighted by Gasteiger charge is -2.19. The molecule has 0 spiro atoms. The van der Waals surface area contributed by atoms with Crippen LogP contribution in [0.2, 0.25) is 0 Å². The van der Waals surface area contributed by atoms with Gasteiger partial charge in [0.05, 0.1) is 4.90 Å². The Morgan fingerprint density at radius 1 is 1.10 bits per heavy atom. The number of carbonyl (C=O) groups excluding carboxylic acids is 2. The van der Waals surface area contributed by atoms with Gasteiger partial charge >= 0.3 is 0 Å². The monoisotopic (exact) mass is 449 g/mol. The van der Waals surface area contributed by atoms with E-state index in [2.05, 4.69) is 15.4 Å². The van der Waals surface area contributed by atoms with Crippen molar-refractivity contribution in [3.8, 4) is 0 Å². The first-order valence-electron chi connectivity index (χ1n) is 9.54. The highest BCUT2D eigenvalue weighted by atomic mass is 32.2. The SMILES string of the molecule is CCNC(=O)c1ccc(C)c(NC(=O)C(CCSC)NS(=O)(=O)c2ccccc2)c1. The first-order chi connectivity index (χ1) is 14.3. The van der Waals surface area contributed by atoms with Gasteiger partial charge in [-0.15, -0.1) is 0 Å². The molecule has 0 aromatic heterocycles. The van der Waals surface area contributed by atoms with E-state index >= 15 is 0 Å². The minimum absolute atomic E-state index is 0.0985. The molecule has 3 N–H and O–H groups in total. The number of amides is 2. The van der Waals surface area contributed by atoms with Gasteiger partial charge in [0.1, 0.15) is 6.04 Å². The fourth-order valence-corrected chi connectivity index (χ4v) is 4.44. The summed E-state index contributed by atoms with van der Waals surface area (Å²) in [5.41, 5.74) is 1.66. The van der Waals surface area contributed by atoms with Crippen molar-refractivity contribution in [3.05, 3.63) is 59.7 Å². The molecule has 0 heterocycles. The van der Waals surface area contributed by atoms with Crippen LogP contribution in [0, 0.1) is 6.92 Å². The van der Waals surface area contributed by atoms with Crippen LogP contribution in [0.5, 0.6) is 0 Å². The maximum Gasteiger partial charge on any atom is 0.251 e. The Hall–Kier alpha value is -2.36. The molecule has 0 fully saturated rings. The third-order valence-electron chi connectivity index (χ3n) is 4.37. The van der Waals surface area contributed by atoms with Crippen molar-refractivity contribution >= 4 is 39.3 Å². The fourth-order valence-electron chi connectivity index (χ4n) is 2.71. The van der Waals surface area contributed by atoms with Crippen LogP contribution >= 0.6 is 11.8 Å². The van der Waals surface area contributed by atoms with Gasteiger partial charge in [-0.05, 0) is 62.1 Å². The van der Waals surface area contributed by atoms with Crippen molar-refractivity contribution in [2.75, 3.05) is 23.9 Å². The number of aryl methyl sites for hydroxylation is 1. The van der Waals surface area contributed by atoms with Crippen LogP contribution in [0.25, 0.3) is 0 Å².